The number of carboxylic acids is 1. The first-order valence-electron chi connectivity index (χ1n) is 12.8. The fraction of sp³-hybridized carbons (Fsp3) is 0.423. The van der Waals surface area contributed by atoms with E-state index in [1.165, 1.54) is 24.3 Å². The zero-order chi connectivity index (χ0) is 29.0. The number of urea groups is 1. The molecular formula is C26H29Cl2FN4O6S. The van der Waals surface area contributed by atoms with Crippen molar-refractivity contribution >= 4 is 56.8 Å². The highest BCUT2D eigenvalue weighted by molar-refractivity contribution is 7.89. The van der Waals surface area contributed by atoms with E-state index < -0.39 is 46.0 Å². The summed E-state index contributed by atoms with van der Waals surface area (Å²) in [7, 11) is -4.36. The van der Waals surface area contributed by atoms with Gasteiger partial charge in [0, 0.05) is 24.8 Å². The molecule has 3 N–H and O–H groups in total. The minimum absolute atomic E-state index is 0.00679. The standard InChI is InChI=1S/C26H29Cl2FN4O6S/c27-20-11-10-19(14-21(20)28)40(38,39)33-13-12-32(26(37)30-18-8-6-17(29)7-9-18)25(33)24(36)31-22(15-23(34)35)16-4-2-1-3-5-16/h6-11,14,16,22,25H,1-5,12-13,15H2,(H,30,37)(H,31,36)(H,34,35). The molecule has 216 valence electrons. The average Bonchev–Trinajstić information content (AvgIpc) is 3.38. The number of benzene rings is 2. The van der Waals surface area contributed by atoms with Gasteiger partial charge in [0.05, 0.1) is 21.4 Å². The first-order valence-corrected chi connectivity index (χ1v) is 15.0. The summed E-state index contributed by atoms with van der Waals surface area (Å²) < 4.78 is 41.6. The molecular weight excluding hydrogens is 586 g/mol. The summed E-state index contributed by atoms with van der Waals surface area (Å²) >= 11 is 12.0. The van der Waals surface area contributed by atoms with E-state index in [0.717, 1.165) is 59.5 Å². The molecule has 0 aromatic heterocycles. The van der Waals surface area contributed by atoms with E-state index in [0.29, 0.717) is 0 Å². The fourth-order valence-electron chi connectivity index (χ4n) is 5.16. The van der Waals surface area contributed by atoms with Crippen LogP contribution in [-0.4, -0.2) is 65.9 Å². The van der Waals surface area contributed by atoms with Gasteiger partial charge in [-0.15, -0.1) is 0 Å². The van der Waals surface area contributed by atoms with Gasteiger partial charge in [0.2, 0.25) is 10.0 Å². The van der Waals surface area contributed by atoms with E-state index in [4.69, 9.17) is 23.2 Å². The molecule has 1 heterocycles. The Labute approximate surface area is 241 Å². The van der Waals surface area contributed by atoms with Crippen molar-refractivity contribution in [2.24, 2.45) is 5.92 Å². The summed E-state index contributed by atoms with van der Waals surface area (Å²) in [6, 6.07) is 7.13. The number of nitrogens with zero attached hydrogens (tertiary/aromatic N) is 2. The van der Waals surface area contributed by atoms with Gasteiger partial charge in [0.1, 0.15) is 5.82 Å². The van der Waals surface area contributed by atoms with Crippen molar-refractivity contribution in [1.29, 1.82) is 0 Å². The number of hydrogen-bond donors (Lipinski definition) is 3. The Morgan fingerprint density at radius 1 is 1.00 bits per heavy atom. The second kappa shape index (κ2) is 12.7. The molecule has 2 aromatic carbocycles. The number of nitrogens with one attached hydrogen (secondary N) is 2. The normalized spacial score (nSPS) is 19.3. The third-order valence-electron chi connectivity index (χ3n) is 7.16. The number of rotatable bonds is 8. The highest BCUT2D eigenvalue weighted by atomic mass is 35.5. The first-order chi connectivity index (χ1) is 19.0. The average molecular weight is 616 g/mol. The lowest BCUT2D eigenvalue weighted by Crippen LogP contribution is -2.57. The van der Waals surface area contributed by atoms with Gasteiger partial charge in [-0.1, -0.05) is 42.5 Å². The van der Waals surface area contributed by atoms with Gasteiger partial charge in [-0.05, 0) is 61.2 Å². The maximum absolute atomic E-state index is 13.8. The Morgan fingerprint density at radius 3 is 2.30 bits per heavy atom. The van der Waals surface area contributed by atoms with Crippen LogP contribution in [-0.2, 0) is 19.6 Å². The SMILES string of the molecule is O=C(O)CC(NC(=O)C1N(C(=O)Nc2ccc(F)cc2)CCN1S(=O)(=O)c1ccc(Cl)c(Cl)c1)C1CCCCC1. The van der Waals surface area contributed by atoms with Crippen molar-refractivity contribution in [2.75, 3.05) is 18.4 Å². The molecule has 0 spiro atoms. The molecule has 1 aliphatic heterocycles. The van der Waals surface area contributed by atoms with Crippen LogP contribution in [0, 0.1) is 11.7 Å². The minimum Gasteiger partial charge on any atom is -0.481 e. The van der Waals surface area contributed by atoms with E-state index >= 15 is 0 Å². The molecule has 1 aliphatic carbocycles. The fourth-order valence-corrected chi connectivity index (χ4v) is 7.10. The lowest BCUT2D eigenvalue weighted by Gasteiger charge is -2.34. The van der Waals surface area contributed by atoms with E-state index in [9.17, 15) is 32.3 Å². The smallest absolute Gasteiger partial charge is 0.323 e. The van der Waals surface area contributed by atoms with E-state index in [1.54, 1.807) is 0 Å². The predicted octanol–water partition coefficient (Wildman–Crippen LogP) is 4.54. The quantitative estimate of drug-likeness (QED) is 0.399. The van der Waals surface area contributed by atoms with Gasteiger partial charge in [-0.2, -0.15) is 4.31 Å². The van der Waals surface area contributed by atoms with Crippen LogP contribution in [0.15, 0.2) is 47.4 Å². The van der Waals surface area contributed by atoms with Crippen LogP contribution >= 0.6 is 23.2 Å². The number of amides is 3. The number of aliphatic carboxylic acids is 1. The van der Waals surface area contributed by atoms with E-state index in [1.807, 2.05) is 0 Å². The molecule has 2 unspecified atom stereocenters. The number of sulfonamides is 1. The maximum atomic E-state index is 13.8. The lowest BCUT2D eigenvalue weighted by molar-refractivity contribution is -0.138. The molecule has 0 bridgehead atoms. The molecule has 14 heteroatoms. The van der Waals surface area contributed by atoms with Gasteiger partial charge < -0.3 is 15.7 Å². The Morgan fingerprint density at radius 2 is 1.68 bits per heavy atom. The Bertz CT molecular complexity index is 1370. The van der Waals surface area contributed by atoms with Crippen molar-refractivity contribution < 1.29 is 32.3 Å². The molecule has 2 atom stereocenters. The van der Waals surface area contributed by atoms with Crippen molar-refractivity contribution in [3.05, 3.63) is 58.3 Å². The van der Waals surface area contributed by atoms with Gasteiger partial charge in [-0.25, -0.2) is 17.6 Å². The monoisotopic (exact) mass is 614 g/mol. The maximum Gasteiger partial charge on any atom is 0.323 e. The van der Waals surface area contributed by atoms with Crippen LogP contribution in [0.5, 0.6) is 0 Å². The Hall–Kier alpha value is -2.93. The van der Waals surface area contributed by atoms with Crippen LogP contribution < -0.4 is 10.6 Å². The third-order valence-corrected chi connectivity index (χ3v) is 9.75. The van der Waals surface area contributed by atoms with Crippen molar-refractivity contribution in [2.45, 2.75) is 55.6 Å². The largest absolute Gasteiger partial charge is 0.481 e. The zero-order valence-corrected chi connectivity index (χ0v) is 23.7. The number of carbonyl (C=O) groups excluding carboxylic acids is 2. The molecule has 0 radical (unpaired) electrons. The Kier molecular flexibility index (Phi) is 9.55. The molecule has 1 saturated carbocycles. The van der Waals surface area contributed by atoms with Crippen LogP contribution in [0.3, 0.4) is 0 Å². The molecule has 3 amide bonds. The third kappa shape index (κ3) is 6.85. The molecule has 4 rings (SSSR count). The van der Waals surface area contributed by atoms with Gasteiger partial charge in [0.15, 0.2) is 6.17 Å². The van der Waals surface area contributed by atoms with Crippen molar-refractivity contribution in [3.63, 3.8) is 0 Å². The predicted molar refractivity (Wildman–Crippen MR) is 147 cm³/mol. The zero-order valence-electron chi connectivity index (χ0n) is 21.4. The number of carboxylic acid groups (broad SMARTS) is 1. The number of carbonyl (C=O) groups is 3. The summed E-state index contributed by atoms with van der Waals surface area (Å²) in [4.78, 5) is 39.5. The molecule has 1 saturated heterocycles. The highest BCUT2D eigenvalue weighted by Gasteiger charge is 2.47. The summed E-state index contributed by atoms with van der Waals surface area (Å²) in [5.41, 5.74) is 0.238. The molecule has 2 aliphatic rings. The summed E-state index contributed by atoms with van der Waals surface area (Å²) in [6.45, 7) is -0.358. The summed E-state index contributed by atoms with van der Waals surface area (Å²) in [5, 5.41) is 15.0. The molecule has 10 nitrogen and oxygen atoms in total. The van der Waals surface area contributed by atoms with Gasteiger partial charge in [-0.3, -0.25) is 14.5 Å². The summed E-state index contributed by atoms with van der Waals surface area (Å²) in [5.74, 6) is -2.54. The van der Waals surface area contributed by atoms with Crippen LogP contribution in [0.4, 0.5) is 14.9 Å². The first kappa shape index (κ1) is 30.0. The molecule has 40 heavy (non-hydrogen) atoms. The Balaban J connectivity index is 1.66. The molecule has 2 aromatic rings. The van der Waals surface area contributed by atoms with Crippen LogP contribution in [0.25, 0.3) is 0 Å². The molecule has 2 fully saturated rings. The van der Waals surface area contributed by atoms with Crippen molar-refractivity contribution in [3.8, 4) is 0 Å². The summed E-state index contributed by atoms with van der Waals surface area (Å²) in [6.07, 6.45) is 2.28. The minimum atomic E-state index is -4.36. The van der Waals surface area contributed by atoms with Gasteiger partial charge >= 0.3 is 12.0 Å². The number of anilines is 1. The highest BCUT2D eigenvalue weighted by Crippen LogP contribution is 2.31. The lowest BCUT2D eigenvalue weighted by atomic mass is 9.82. The van der Waals surface area contributed by atoms with Crippen LogP contribution in [0.2, 0.25) is 10.0 Å². The second-order valence-corrected chi connectivity index (χ2v) is 12.5. The number of hydrogen-bond acceptors (Lipinski definition) is 5. The van der Waals surface area contributed by atoms with Crippen LogP contribution in [0.1, 0.15) is 38.5 Å². The number of halogens is 3. The topological polar surface area (TPSA) is 136 Å². The van der Waals surface area contributed by atoms with E-state index in [2.05, 4.69) is 10.6 Å². The van der Waals surface area contributed by atoms with Gasteiger partial charge in [0.25, 0.3) is 5.91 Å². The van der Waals surface area contributed by atoms with E-state index in [-0.39, 0.29) is 46.1 Å². The second-order valence-electron chi connectivity index (χ2n) is 9.81. The van der Waals surface area contributed by atoms with Crippen molar-refractivity contribution in [1.82, 2.24) is 14.5 Å².